The third-order valence-electron chi connectivity index (χ3n) is 13.0. The Balaban J connectivity index is 1.06. The first kappa shape index (κ1) is 32.5. The van der Waals surface area contributed by atoms with E-state index >= 15 is 0 Å². The number of aromatic nitrogens is 1. The van der Waals surface area contributed by atoms with E-state index in [2.05, 4.69) is 174 Å². The fraction of sp³-hybridized carbons (Fsp3) is 0.154. The standard InChI is InChI=1S/C52H40N4O/c1-3-16-33(17-4-1)49-53-50(34-18-5-2-6-19-34)55-51(54-49)35-20-15-21-36(30-35)56-45-27-12-8-23-38(45)40-31-39-37-22-7-9-24-41(37)52(44(39)32-46(40)56)42-25-10-13-28-47(42)57-48-29-14-11-26-43(48)52/h1-13,15-24,26-28,30-32,39,42,44,49H,14,25,29H2,(H,53,54,55). The highest BCUT2D eigenvalue weighted by Gasteiger charge is 2.60. The molecule has 5 atom stereocenters. The Morgan fingerprint density at radius 3 is 2.40 bits per heavy atom. The van der Waals surface area contributed by atoms with Crippen molar-refractivity contribution in [3.8, 4) is 5.69 Å². The van der Waals surface area contributed by atoms with Gasteiger partial charge in [-0.25, -0.2) is 9.98 Å². The SMILES string of the molecule is C1=CCC2C(=C1)OC1=C(C=CCC1)C21c2ccccc2C2C=c3c(n(-c4cccc(C5=NC(c6ccccc6)N=C(c6ccccc6)N5)c4)c4ccccc34)=CC21. The summed E-state index contributed by atoms with van der Waals surface area (Å²) in [5, 5.41) is 7.46. The zero-order valence-corrected chi connectivity index (χ0v) is 31.4. The average Bonchev–Trinajstić information content (AvgIpc) is 3.76. The van der Waals surface area contributed by atoms with Crippen LogP contribution in [0.15, 0.2) is 191 Å². The molecule has 0 fully saturated rings. The van der Waals surface area contributed by atoms with Gasteiger partial charge in [-0.3, -0.25) is 0 Å². The highest BCUT2D eigenvalue weighted by Crippen LogP contribution is 2.65. The minimum Gasteiger partial charge on any atom is -0.465 e. The molecule has 0 saturated heterocycles. The first-order valence-corrected chi connectivity index (χ1v) is 20.3. The smallest absolute Gasteiger partial charge is 0.169 e. The highest BCUT2D eigenvalue weighted by atomic mass is 16.5. The molecule has 1 N–H and O–H groups in total. The molecule has 5 unspecified atom stereocenters. The second-order valence-electron chi connectivity index (χ2n) is 15.9. The van der Waals surface area contributed by atoms with Crippen LogP contribution in [0.3, 0.4) is 0 Å². The molecule has 1 aromatic heterocycles. The van der Waals surface area contributed by atoms with Crippen molar-refractivity contribution in [1.29, 1.82) is 0 Å². The monoisotopic (exact) mass is 736 g/mol. The molecule has 0 bridgehead atoms. The van der Waals surface area contributed by atoms with Crippen LogP contribution in [0.2, 0.25) is 0 Å². The second-order valence-corrected chi connectivity index (χ2v) is 15.9. The van der Waals surface area contributed by atoms with Gasteiger partial charge in [0, 0.05) is 62.6 Å². The van der Waals surface area contributed by atoms with E-state index in [1.54, 1.807) is 0 Å². The van der Waals surface area contributed by atoms with E-state index in [0.29, 0.717) is 0 Å². The number of nitrogens with zero attached hydrogens (tertiary/aromatic N) is 3. The van der Waals surface area contributed by atoms with Crippen LogP contribution in [-0.2, 0) is 10.2 Å². The van der Waals surface area contributed by atoms with E-state index in [-0.39, 0.29) is 29.3 Å². The molecule has 57 heavy (non-hydrogen) atoms. The summed E-state index contributed by atoms with van der Waals surface area (Å²) >= 11 is 0. The molecule has 3 heterocycles. The fourth-order valence-corrected chi connectivity index (χ4v) is 10.7. The molecule has 274 valence electrons. The van der Waals surface area contributed by atoms with Crippen molar-refractivity contribution in [3.63, 3.8) is 0 Å². The number of ether oxygens (including phenoxy) is 1. The van der Waals surface area contributed by atoms with Gasteiger partial charge in [-0.15, -0.1) is 0 Å². The number of fused-ring (bicyclic) bond motifs is 11. The van der Waals surface area contributed by atoms with Crippen molar-refractivity contribution in [2.24, 2.45) is 21.8 Å². The van der Waals surface area contributed by atoms with Crippen LogP contribution in [0, 0.1) is 11.8 Å². The molecule has 5 nitrogen and oxygen atoms in total. The number of allylic oxidation sites excluding steroid dienone is 8. The zero-order chi connectivity index (χ0) is 37.5. The summed E-state index contributed by atoms with van der Waals surface area (Å²) in [6.45, 7) is 0. The summed E-state index contributed by atoms with van der Waals surface area (Å²) in [6.07, 6.45) is 19.3. The Morgan fingerprint density at radius 2 is 1.51 bits per heavy atom. The molecule has 0 amide bonds. The van der Waals surface area contributed by atoms with Gasteiger partial charge >= 0.3 is 0 Å². The largest absolute Gasteiger partial charge is 0.465 e. The summed E-state index contributed by atoms with van der Waals surface area (Å²) in [4.78, 5) is 10.3. The number of rotatable bonds is 4. The molecule has 0 radical (unpaired) electrons. The molecule has 2 aliphatic heterocycles. The van der Waals surface area contributed by atoms with Gasteiger partial charge in [0.15, 0.2) is 6.17 Å². The lowest BCUT2D eigenvalue weighted by molar-refractivity contribution is 0.141. The molecule has 6 aromatic rings. The quantitative estimate of drug-likeness (QED) is 0.196. The van der Waals surface area contributed by atoms with Gasteiger partial charge in [-0.05, 0) is 53.8 Å². The van der Waals surface area contributed by atoms with Crippen molar-refractivity contribution in [3.05, 3.63) is 219 Å². The fourth-order valence-electron chi connectivity index (χ4n) is 10.7. The number of hydrogen-bond donors (Lipinski definition) is 1. The number of para-hydroxylation sites is 1. The summed E-state index contributed by atoms with van der Waals surface area (Å²) in [7, 11) is 0. The Morgan fingerprint density at radius 1 is 0.737 bits per heavy atom. The summed E-state index contributed by atoms with van der Waals surface area (Å²) < 4.78 is 9.30. The normalized spacial score (nSPS) is 25.0. The lowest BCUT2D eigenvalue weighted by Crippen LogP contribution is -2.48. The maximum absolute atomic E-state index is 6.81. The van der Waals surface area contributed by atoms with E-state index in [0.717, 1.165) is 64.8 Å². The third kappa shape index (κ3) is 4.81. The van der Waals surface area contributed by atoms with Gasteiger partial charge in [-0.1, -0.05) is 152 Å². The first-order chi connectivity index (χ1) is 28.3. The Hall–Kier alpha value is -6.72. The summed E-state index contributed by atoms with van der Waals surface area (Å²) in [6, 6.07) is 47.7. The Labute approximate surface area is 331 Å². The molecular weight excluding hydrogens is 697 g/mol. The average molecular weight is 737 g/mol. The van der Waals surface area contributed by atoms with E-state index in [4.69, 9.17) is 14.7 Å². The highest BCUT2D eigenvalue weighted by molar-refractivity contribution is 6.16. The Bertz CT molecular complexity index is 2960. The molecule has 5 heteroatoms. The maximum atomic E-state index is 6.81. The van der Waals surface area contributed by atoms with E-state index in [9.17, 15) is 0 Å². The lowest BCUT2D eigenvalue weighted by Gasteiger charge is -2.50. The number of benzene rings is 5. The van der Waals surface area contributed by atoms with Gasteiger partial charge in [0.25, 0.3) is 0 Å². The van der Waals surface area contributed by atoms with Crippen molar-refractivity contribution in [2.75, 3.05) is 0 Å². The van der Waals surface area contributed by atoms with Crippen LogP contribution in [0.1, 0.15) is 59.2 Å². The van der Waals surface area contributed by atoms with Gasteiger partial charge in [0.2, 0.25) is 0 Å². The van der Waals surface area contributed by atoms with Crippen molar-refractivity contribution in [2.45, 2.75) is 36.8 Å². The van der Waals surface area contributed by atoms with E-state index < -0.39 is 0 Å². The van der Waals surface area contributed by atoms with Crippen LogP contribution in [0.25, 0.3) is 28.7 Å². The van der Waals surface area contributed by atoms with Crippen LogP contribution < -0.4 is 15.9 Å². The van der Waals surface area contributed by atoms with Crippen molar-refractivity contribution in [1.82, 2.24) is 9.88 Å². The van der Waals surface area contributed by atoms with Gasteiger partial charge < -0.3 is 14.6 Å². The molecule has 12 rings (SSSR count). The lowest BCUT2D eigenvalue weighted by atomic mass is 9.56. The summed E-state index contributed by atoms with van der Waals surface area (Å²) in [5.41, 5.74) is 9.42. The molecule has 4 aliphatic carbocycles. The second kappa shape index (κ2) is 12.7. The Kier molecular flexibility index (Phi) is 7.22. The van der Waals surface area contributed by atoms with Crippen molar-refractivity contribution >= 4 is 34.7 Å². The maximum Gasteiger partial charge on any atom is 0.169 e. The number of hydrogen-bond acceptors (Lipinski definition) is 4. The molecule has 5 aromatic carbocycles. The van der Waals surface area contributed by atoms with E-state index in [1.165, 1.54) is 38.2 Å². The molecule has 6 aliphatic rings. The van der Waals surface area contributed by atoms with Crippen molar-refractivity contribution < 1.29 is 4.74 Å². The van der Waals surface area contributed by atoms with Crippen LogP contribution in [0.4, 0.5) is 0 Å². The first-order valence-electron chi connectivity index (χ1n) is 20.3. The number of aliphatic imine (C=N–C) groups is 2. The minimum absolute atomic E-state index is 0.200. The molecular formula is C52H40N4O. The number of amidine groups is 2. The van der Waals surface area contributed by atoms with Crippen LogP contribution >= 0.6 is 0 Å². The molecule has 0 saturated carbocycles. The topological polar surface area (TPSA) is 50.9 Å². The predicted molar refractivity (Wildman–Crippen MR) is 229 cm³/mol. The molecule has 1 spiro atoms. The van der Waals surface area contributed by atoms with E-state index in [1.807, 2.05) is 12.1 Å². The predicted octanol–water partition coefficient (Wildman–Crippen LogP) is 9.45. The number of nitrogens with one attached hydrogen (secondary N) is 1. The van der Waals surface area contributed by atoms with Gasteiger partial charge in [0.05, 0.1) is 10.9 Å². The summed E-state index contributed by atoms with van der Waals surface area (Å²) in [5.74, 6) is 4.53. The minimum atomic E-state index is -0.359. The third-order valence-corrected chi connectivity index (χ3v) is 13.0. The van der Waals surface area contributed by atoms with Gasteiger partial charge in [-0.2, -0.15) is 0 Å². The zero-order valence-electron chi connectivity index (χ0n) is 31.4. The van der Waals surface area contributed by atoms with Crippen LogP contribution in [0.5, 0.6) is 0 Å². The van der Waals surface area contributed by atoms with Gasteiger partial charge in [0.1, 0.15) is 23.2 Å². The van der Waals surface area contributed by atoms with Crippen LogP contribution in [-0.4, -0.2) is 16.2 Å².